The highest BCUT2D eigenvalue weighted by Gasteiger charge is 2.17. The van der Waals surface area contributed by atoms with Gasteiger partial charge in [-0.3, -0.25) is 9.20 Å². The number of anilines is 1. The number of hydrogen-bond donors (Lipinski definition) is 1. The molecule has 128 valence electrons. The number of pyridine rings is 1. The summed E-state index contributed by atoms with van der Waals surface area (Å²) in [4.78, 5) is 28.8. The molecule has 0 radical (unpaired) electrons. The van der Waals surface area contributed by atoms with Crippen LogP contribution < -0.4 is 5.32 Å². The summed E-state index contributed by atoms with van der Waals surface area (Å²) in [5, 5.41) is 2.84. The number of ether oxygens (including phenoxy) is 1. The van der Waals surface area contributed by atoms with Crippen molar-refractivity contribution in [1.29, 1.82) is 0 Å². The Morgan fingerprint density at radius 3 is 2.52 bits per heavy atom. The van der Waals surface area contributed by atoms with Gasteiger partial charge in [0, 0.05) is 11.9 Å². The summed E-state index contributed by atoms with van der Waals surface area (Å²) >= 11 is 0. The van der Waals surface area contributed by atoms with Crippen molar-refractivity contribution in [2.75, 3.05) is 11.9 Å². The summed E-state index contributed by atoms with van der Waals surface area (Å²) in [7, 11) is 0. The van der Waals surface area contributed by atoms with Gasteiger partial charge in [0.05, 0.1) is 17.9 Å². The first-order chi connectivity index (χ1) is 12.0. The lowest BCUT2D eigenvalue weighted by molar-refractivity contribution is 0.0526. The molecule has 0 aliphatic heterocycles. The number of hydrogen-bond acceptors (Lipinski definition) is 4. The molecule has 2 aromatic heterocycles. The highest BCUT2D eigenvalue weighted by molar-refractivity contribution is 6.04. The number of carbonyl (C=O) groups is 2. The van der Waals surface area contributed by atoms with Gasteiger partial charge >= 0.3 is 5.97 Å². The summed E-state index contributed by atoms with van der Waals surface area (Å²) in [5.74, 6) is -0.632. The van der Waals surface area contributed by atoms with Crippen LogP contribution in [0.5, 0.6) is 0 Å². The number of aryl methyl sites for hydroxylation is 2. The lowest BCUT2D eigenvalue weighted by atomic mass is 10.2. The third-order valence-electron chi connectivity index (χ3n) is 3.81. The molecule has 0 unspecified atom stereocenters. The van der Waals surface area contributed by atoms with Crippen LogP contribution in [0.4, 0.5) is 5.69 Å². The minimum atomic E-state index is -0.381. The van der Waals surface area contributed by atoms with E-state index in [9.17, 15) is 9.59 Å². The van der Waals surface area contributed by atoms with Crippen molar-refractivity contribution in [3.8, 4) is 0 Å². The number of imidazole rings is 1. The lowest BCUT2D eigenvalue weighted by Crippen LogP contribution is -2.16. The maximum Gasteiger partial charge on any atom is 0.338 e. The molecular weight excluding hydrogens is 318 g/mol. The third kappa shape index (κ3) is 3.38. The zero-order valence-electron chi connectivity index (χ0n) is 14.4. The van der Waals surface area contributed by atoms with Crippen LogP contribution in [0.1, 0.15) is 39.0 Å². The molecule has 0 aliphatic carbocycles. The molecule has 25 heavy (non-hydrogen) atoms. The van der Waals surface area contributed by atoms with E-state index in [1.54, 1.807) is 42.5 Å². The maximum atomic E-state index is 12.7. The van der Waals surface area contributed by atoms with Crippen molar-refractivity contribution < 1.29 is 14.3 Å². The summed E-state index contributed by atoms with van der Waals surface area (Å²) in [6.45, 7) is 5.85. The Morgan fingerprint density at radius 1 is 1.12 bits per heavy atom. The molecule has 0 saturated carbocycles. The number of nitrogens with zero attached hydrogens (tertiary/aromatic N) is 2. The molecule has 6 heteroatoms. The number of nitrogens with one attached hydrogen (secondary N) is 1. The van der Waals surface area contributed by atoms with Crippen LogP contribution in [0, 0.1) is 13.8 Å². The maximum absolute atomic E-state index is 12.7. The molecule has 0 fully saturated rings. The van der Waals surface area contributed by atoms with Crippen LogP contribution in [-0.4, -0.2) is 27.9 Å². The number of fused-ring (bicyclic) bond motifs is 1. The van der Waals surface area contributed by atoms with Crippen LogP contribution >= 0.6 is 0 Å². The summed E-state index contributed by atoms with van der Waals surface area (Å²) < 4.78 is 6.73. The lowest BCUT2D eigenvalue weighted by Gasteiger charge is -2.07. The molecule has 0 bridgehead atoms. The van der Waals surface area contributed by atoms with Crippen LogP contribution in [-0.2, 0) is 4.74 Å². The van der Waals surface area contributed by atoms with E-state index < -0.39 is 0 Å². The van der Waals surface area contributed by atoms with Gasteiger partial charge in [-0.05, 0) is 56.7 Å². The van der Waals surface area contributed by atoms with E-state index in [1.165, 1.54) is 0 Å². The van der Waals surface area contributed by atoms with Gasteiger partial charge in [0.1, 0.15) is 11.3 Å². The van der Waals surface area contributed by atoms with Gasteiger partial charge in [-0.25, -0.2) is 9.78 Å². The summed E-state index contributed by atoms with van der Waals surface area (Å²) in [6, 6.07) is 10.4. The van der Waals surface area contributed by atoms with Gasteiger partial charge < -0.3 is 10.1 Å². The first-order valence-corrected chi connectivity index (χ1v) is 8.03. The minimum Gasteiger partial charge on any atom is -0.462 e. The zero-order chi connectivity index (χ0) is 18.0. The van der Waals surface area contributed by atoms with Crippen molar-refractivity contribution in [3.05, 3.63) is 65.1 Å². The molecule has 1 N–H and O–H groups in total. The Bertz CT molecular complexity index is 942. The Hall–Kier alpha value is -3.15. The number of rotatable bonds is 4. The van der Waals surface area contributed by atoms with E-state index in [-0.39, 0.29) is 11.9 Å². The smallest absolute Gasteiger partial charge is 0.338 e. The second-order valence-electron chi connectivity index (χ2n) is 5.73. The van der Waals surface area contributed by atoms with Gasteiger partial charge in [0.25, 0.3) is 5.91 Å². The summed E-state index contributed by atoms with van der Waals surface area (Å²) in [5.41, 5.74) is 3.96. The molecule has 3 rings (SSSR count). The Balaban J connectivity index is 1.84. The molecule has 0 saturated heterocycles. The van der Waals surface area contributed by atoms with Gasteiger partial charge in [0.2, 0.25) is 0 Å². The van der Waals surface area contributed by atoms with E-state index >= 15 is 0 Å². The van der Waals surface area contributed by atoms with Crippen LogP contribution in [0.15, 0.2) is 42.6 Å². The summed E-state index contributed by atoms with van der Waals surface area (Å²) in [6.07, 6.45) is 1.88. The largest absolute Gasteiger partial charge is 0.462 e. The molecule has 1 aromatic carbocycles. The van der Waals surface area contributed by atoms with E-state index in [2.05, 4.69) is 10.3 Å². The fourth-order valence-electron chi connectivity index (χ4n) is 2.64. The van der Waals surface area contributed by atoms with Crippen molar-refractivity contribution in [3.63, 3.8) is 0 Å². The quantitative estimate of drug-likeness (QED) is 0.741. The van der Waals surface area contributed by atoms with Crippen molar-refractivity contribution in [2.24, 2.45) is 0 Å². The molecule has 2 heterocycles. The second-order valence-corrected chi connectivity index (χ2v) is 5.73. The number of benzene rings is 1. The Morgan fingerprint density at radius 2 is 1.84 bits per heavy atom. The van der Waals surface area contributed by atoms with E-state index in [0.29, 0.717) is 29.2 Å². The molecular formula is C19H19N3O3. The zero-order valence-corrected chi connectivity index (χ0v) is 14.4. The Labute approximate surface area is 145 Å². The standard InChI is InChI=1S/C19H19N3O3/c1-4-25-19(24)14-6-8-15(9-7-14)21-18(23)17-13(3)20-16-10-5-12(2)11-22(16)17/h5-11H,4H2,1-3H3,(H,21,23). The SMILES string of the molecule is CCOC(=O)c1ccc(NC(=O)c2c(C)nc3ccc(C)cn23)cc1. The Kier molecular flexibility index (Phi) is 4.52. The molecule has 0 spiro atoms. The molecule has 6 nitrogen and oxygen atoms in total. The minimum absolute atomic E-state index is 0.250. The number of amides is 1. The average molecular weight is 337 g/mol. The highest BCUT2D eigenvalue weighted by Crippen LogP contribution is 2.17. The molecule has 0 aliphatic rings. The predicted molar refractivity (Wildman–Crippen MR) is 95.0 cm³/mol. The van der Waals surface area contributed by atoms with Crippen molar-refractivity contribution in [2.45, 2.75) is 20.8 Å². The molecule has 3 aromatic rings. The van der Waals surface area contributed by atoms with Crippen molar-refractivity contribution in [1.82, 2.24) is 9.38 Å². The second kappa shape index (κ2) is 6.76. The topological polar surface area (TPSA) is 72.7 Å². The first-order valence-electron chi connectivity index (χ1n) is 8.03. The predicted octanol–water partition coefficient (Wildman–Crippen LogP) is 3.38. The number of esters is 1. The first kappa shape index (κ1) is 16.7. The fourth-order valence-corrected chi connectivity index (χ4v) is 2.64. The molecule has 1 amide bonds. The number of aromatic nitrogens is 2. The van der Waals surface area contributed by atoms with Crippen LogP contribution in [0.2, 0.25) is 0 Å². The average Bonchev–Trinajstić information content (AvgIpc) is 2.90. The van der Waals surface area contributed by atoms with Crippen LogP contribution in [0.3, 0.4) is 0 Å². The van der Waals surface area contributed by atoms with Gasteiger partial charge in [-0.15, -0.1) is 0 Å². The van der Waals surface area contributed by atoms with Gasteiger partial charge in [-0.2, -0.15) is 0 Å². The molecule has 0 atom stereocenters. The third-order valence-corrected chi connectivity index (χ3v) is 3.81. The van der Waals surface area contributed by atoms with Crippen LogP contribution in [0.25, 0.3) is 5.65 Å². The normalized spacial score (nSPS) is 10.7. The fraction of sp³-hybridized carbons (Fsp3) is 0.211. The van der Waals surface area contributed by atoms with Crippen molar-refractivity contribution >= 4 is 23.2 Å². The van der Waals surface area contributed by atoms with E-state index in [1.807, 2.05) is 25.3 Å². The van der Waals surface area contributed by atoms with E-state index in [4.69, 9.17) is 4.74 Å². The monoisotopic (exact) mass is 337 g/mol. The highest BCUT2D eigenvalue weighted by atomic mass is 16.5. The van der Waals surface area contributed by atoms with Gasteiger partial charge in [0.15, 0.2) is 0 Å². The number of carbonyl (C=O) groups excluding carboxylic acids is 2. The van der Waals surface area contributed by atoms with Gasteiger partial charge in [-0.1, -0.05) is 6.07 Å². The van der Waals surface area contributed by atoms with E-state index in [0.717, 1.165) is 11.2 Å².